The Morgan fingerprint density at radius 3 is 2.29 bits per heavy atom. The fourth-order valence-corrected chi connectivity index (χ4v) is 2.58. The van der Waals surface area contributed by atoms with E-state index in [0.29, 0.717) is 29.5 Å². The van der Waals surface area contributed by atoms with Crippen LogP contribution < -0.4 is 24.8 Å². The molecule has 0 aliphatic carbocycles. The summed E-state index contributed by atoms with van der Waals surface area (Å²) >= 11 is 0. The van der Waals surface area contributed by atoms with Crippen molar-refractivity contribution in [3.8, 4) is 23.0 Å². The van der Waals surface area contributed by atoms with Crippen LogP contribution in [0.15, 0.2) is 72.8 Å². The van der Waals surface area contributed by atoms with Crippen LogP contribution in [0.5, 0.6) is 23.0 Å². The third kappa shape index (κ3) is 5.17. The van der Waals surface area contributed by atoms with E-state index < -0.39 is 0 Å². The maximum atomic E-state index is 12.1. The average molecular weight is 378 g/mol. The maximum Gasteiger partial charge on any atom is 0.319 e. The zero-order valence-electron chi connectivity index (χ0n) is 15.8. The number of benzene rings is 3. The summed E-state index contributed by atoms with van der Waals surface area (Å²) in [7, 11) is 3.21. The molecule has 0 bridgehead atoms. The van der Waals surface area contributed by atoms with Crippen LogP contribution in [0, 0.1) is 0 Å². The number of methoxy groups -OCH3 is 2. The van der Waals surface area contributed by atoms with E-state index in [0.717, 1.165) is 11.3 Å². The molecular weight excluding hydrogens is 356 g/mol. The number of amides is 2. The fourth-order valence-electron chi connectivity index (χ4n) is 2.58. The molecule has 144 valence electrons. The van der Waals surface area contributed by atoms with Gasteiger partial charge in [-0.15, -0.1) is 0 Å². The normalized spacial score (nSPS) is 10.1. The topological polar surface area (TPSA) is 68.8 Å². The monoisotopic (exact) mass is 378 g/mol. The average Bonchev–Trinajstić information content (AvgIpc) is 2.74. The number of urea groups is 1. The van der Waals surface area contributed by atoms with Crippen LogP contribution in [0.4, 0.5) is 10.5 Å². The SMILES string of the molecule is COc1cccc(CNC(=O)Nc2ccc(Oc3ccccc3OC)cc2)c1. The van der Waals surface area contributed by atoms with Gasteiger partial charge in [0.1, 0.15) is 11.5 Å². The molecule has 2 N–H and O–H groups in total. The number of anilines is 1. The molecule has 0 radical (unpaired) electrons. The van der Waals surface area contributed by atoms with Crippen LogP contribution in [0.1, 0.15) is 5.56 Å². The summed E-state index contributed by atoms with van der Waals surface area (Å²) in [6, 6.07) is 21.8. The molecule has 0 spiro atoms. The first-order valence-electron chi connectivity index (χ1n) is 8.76. The van der Waals surface area contributed by atoms with Gasteiger partial charge in [0.05, 0.1) is 14.2 Å². The largest absolute Gasteiger partial charge is 0.497 e. The van der Waals surface area contributed by atoms with Crippen molar-refractivity contribution < 1.29 is 19.0 Å². The summed E-state index contributed by atoms with van der Waals surface area (Å²) in [6.45, 7) is 0.401. The smallest absolute Gasteiger partial charge is 0.319 e. The minimum atomic E-state index is -0.291. The van der Waals surface area contributed by atoms with Gasteiger partial charge < -0.3 is 24.8 Å². The van der Waals surface area contributed by atoms with Gasteiger partial charge in [0.2, 0.25) is 0 Å². The second kappa shape index (κ2) is 9.32. The number of rotatable bonds is 7. The van der Waals surface area contributed by atoms with E-state index in [-0.39, 0.29) is 6.03 Å². The molecule has 0 unspecified atom stereocenters. The summed E-state index contributed by atoms with van der Waals surface area (Å²) < 4.78 is 16.3. The molecule has 0 aromatic heterocycles. The van der Waals surface area contributed by atoms with Gasteiger partial charge in [-0.25, -0.2) is 4.79 Å². The summed E-state index contributed by atoms with van der Waals surface area (Å²) in [5, 5.41) is 5.61. The van der Waals surface area contributed by atoms with E-state index in [9.17, 15) is 4.79 Å². The van der Waals surface area contributed by atoms with Gasteiger partial charge in [0.15, 0.2) is 11.5 Å². The Morgan fingerprint density at radius 2 is 1.57 bits per heavy atom. The van der Waals surface area contributed by atoms with Crippen molar-refractivity contribution in [3.05, 3.63) is 78.4 Å². The van der Waals surface area contributed by atoms with Crippen LogP contribution in [-0.4, -0.2) is 20.3 Å². The molecule has 3 aromatic carbocycles. The second-order valence-corrected chi connectivity index (χ2v) is 5.94. The fraction of sp³-hybridized carbons (Fsp3) is 0.136. The van der Waals surface area contributed by atoms with E-state index in [2.05, 4.69) is 10.6 Å². The lowest BCUT2D eigenvalue weighted by molar-refractivity contribution is 0.251. The van der Waals surface area contributed by atoms with Crippen molar-refractivity contribution in [1.82, 2.24) is 5.32 Å². The Kier molecular flexibility index (Phi) is 6.36. The molecule has 3 aromatic rings. The van der Waals surface area contributed by atoms with Crippen molar-refractivity contribution in [2.75, 3.05) is 19.5 Å². The Balaban J connectivity index is 1.54. The highest BCUT2D eigenvalue weighted by Crippen LogP contribution is 2.31. The molecule has 0 aliphatic rings. The molecular formula is C22H22N2O4. The Morgan fingerprint density at radius 1 is 0.821 bits per heavy atom. The molecule has 0 saturated carbocycles. The summed E-state index contributed by atoms with van der Waals surface area (Å²) in [4.78, 5) is 12.1. The van der Waals surface area contributed by atoms with Crippen molar-refractivity contribution in [1.29, 1.82) is 0 Å². The van der Waals surface area contributed by atoms with Crippen LogP contribution in [0.3, 0.4) is 0 Å². The van der Waals surface area contributed by atoms with Crippen molar-refractivity contribution in [2.24, 2.45) is 0 Å². The summed E-state index contributed by atoms with van der Waals surface area (Å²) in [5.74, 6) is 2.68. The van der Waals surface area contributed by atoms with Crippen molar-refractivity contribution in [3.63, 3.8) is 0 Å². The minimum Gasteiger partial charge on any atom is -0.497 e. The van der Waals surface area contributed by atoms with Crippen molar-refractivity contribution in [2.45, 2.75) is 6.54 Å². The molecule has 0 fully saturated rings. The highest BCUT2D eigenvalue weighted by Gasteiger charge is 2.06. The molecule has 0 saturated heterocycles. The standard InChI is InChI=1S/C22H22N2O4/c1-26-19-7-5-6-16(14-19)15-23-22(25)24-17-10-12-18(13-11-17)28-21-9-4-3-8-20(21)27-2/h3-14H,15H2,1-2H3,(H2,23,24,25). The number of para-hydroxylation sites is 2. The van der Waals surface area contributed by atoms with Crippen LogP contribution in [0.25, 0.3) is 0 Å². The van der Waals surface area contributed by atoms with E-state index in [1.165, 1.54) is 0 Å². The van der Waals surface area contributed by atoms with Crippen LogP contribution in [0.2, 0.25) is 0 Å². The van der Waals surface area contributed by atoms with Gasteiger partial charge in [-0.2, -0.15) is 0 Å². The predicted octanol–water partition coefficient (Wildman–Crippen LogP) is 4.82. The van der Waals surface area contributed by atoms with E-state index in [4.69, 9.17) is 14.2 Å². The minimum absolute atomic E-state index is 0.291. The lowest BCUT2D eigenvalue weighted by Gasteiger charge is -2.11. The lowest BCUT2D eigenvalue weighted by Crippen LogP contribution is -2.28. The number of hydrogen-bond acceptors (Lipinski definition) is 4. The van der Waals surface area contributed by atoms with E-state index >= 15 is 0 Å². The molecule has 0 heterocycles. The number of carbonyl (C=O) groups is 1. The molecule has 0 aliphatic heterocycles. The van der Waals surface area contributed by atoms with Gasteiger partial charge in [-0.3, -0.25) is 0 Å². The molecule has 3 rings (SSSR count). The molecule has 0 atom stereocenters. The molecule has 28 heavy (non-hydrogen) atoms. The lowest BCUT2D eigenvalue weighted by atomic mass is 10.2. The summed E-state index contributed by atoms with van der Waals surface area (Å²) in [5.41, 5.74) is 1.62. The highest BCUT2D eigenvalue weighted by atomic mass is 16.5. The summed E-state index contributed by atoms with van der Waals surface area (Å²) in [6.07, 6.45) is 0. The maximum absolute atomic E-state index is 12.1. The zero-order valence-corrected chi connectivity index (χ0v) is 15.8. The third-order valence-electron chi connectivity index (χ3n) is 4.00. The number of hydrogen-bond donors (Lipinski definition) is 2. The van der Waals surface area contributed by atoms with Gasteiger partial charge in [0.25, 0.3) is 0 Å². The second-order valence-electron chi connectivity index (χ2n) is 5.94. The zero-order chi connectivity index (χ0) is 19.8. The van der Waals surface area contributed by atoms with Gasteiger partial charge in [-0.05, 0) is 54.1 Å². The van der Waals surface area contributed by atoms with E-state index in [1.807, 2.05) is 48.5 Å². The van der Waals surface area contributed by atoms with Gasteiger partial charge in [-0.1, -0.05) is 24.3 Å². The van der Waals surface area contributed by atoms with Crippen molar-refractivity contribution >= 4 is 11.7 Å². The van der Waals surface area contributed by atoms with Gasteiger partial charge >= 0.3 is 6.03 Å². The van der Waals surface area contributed by atoms with Gasteiger partial charge in [0, 0.05) is 12.2 Å². The third-order valence-corrected chi connectivity index (χ3v) is 4.00. The van der Waals surface area contributed by atoms with Crippen LogP contribution >= 0.6 is 0 Å². The Labute approximate surface area is 164 Å². The Bertz CT molecular complexity index is 926. The van der Waals surface area contributed by atoms with Crippen LogP contribution in [-0.2, 0) is 6.54 Å². The number of ether oxygens (including phenoxy) is 3. The first-order valence-corrected chi connectivity index (χ1v) is 8.76. The quantitative estimate of drug-likeness (QED) is 0.619. The number of carbonyl (C=O) groups excluding carboxylic acids is 1. The Hall–Kier alpha value is -3.67. The highest BCUT2D eigenvalue weighted by molar-refractivity contribution is 5.89. The number of nitrogens with one attached hydrogen (secondary N) is 2. The van der Waals surface area contributed by atoms with E-state index in [1.54, 1.807) is 38.5 Å². The first-order chi connectivity index (χ1) is 13.7. The predicted molar refractivity (Wildman–Crippen MR) is 108 cm³/mol. The molecule has 6 heteroatoms. The molecule has 2 amide bonds. The first kappa shape index (κ1) is 19.1. The molecule has 6 nitrogen and oxygen atoms in total.